The van der Waals surface area contributed by atoms with Gasteiger partial charge >= 0.3 is 0 Å². The number of benzene rings is 1. The van der Waals surface area contributed by atoms with Gasteiger partial charge in [0.25, 0.3) is 5.91 Å². The number of aromatic nitrogens is 2. The number of hydrogen-bond donors (Lipinski definition) is 2. The lowest BCUT2D eigenvalue weighted by Crippen LogP contribution is -2.25. The SMILES string of the molecule is O=C(NCc1cccnc1)c1ccc(C2=CCCC2)nc1NCCc1cccc(F)c1. The molecule has 0 aliphatic heterocycles. The van der Waals surface area contributed by atoms with Crippen LogP contribution < -0.4 is 10.6 Å². The molecule has 0 spiro atoms. The molecule has 2 heterocycles. The number of rotatable bonds is 8. The number of anilines is 1. The maximum Gasteiger partial charge on any atom is 0.255 e. The molecule has 158 valence electrons. The quantitative estimate of drug-likeness (QED) is 0.555. The van der Waals surface area contributed by atoms with Crippen molar-refractivity contribution in [3.8, 4) is 0 Å². The van der Waals surface area contributed by atoms with Crippen molar-refractivity contribution in [3.63, 3.8) is 0 Å². The van der Waals surface area contributed by atoms with E-state index in [0.29, 0.717) is 30.9 Å². The molecule has 2 aromatic heterocycles. The molecule has 1 amide bonds. The summed E-state index contributed by atoms with van der Waals surface area (Å²) in [7, 11) is 0. The van der Waals surface area contributed by atoms with Crippen LogP contribution in [-0.2, 0) is 13.0 Å². The van der Waals surface area contributed by atoms with Gasteiger partial charge in [-0.05, 0) is 72.7 Å². The summed E-state index contributed by atoms with van der Waals surface area (Å²) in [6.45, 7) is 0.935. The Labute approximate surface area is 181 Å². The molecule has 1 aliphatic carbocycles. The summed E-state index contributed by atoms with van der Waals surface area (Å²) in [5.41, 5.74) is 4.43. The standard InChI is InChI=1S/C25H25FN4O/c26-21-9-3-5-18(15-21)12-14-28-24-22(10-11-23(30-24)20-7-1-2-8-20)25(31)29-17-19-6-4-13-27-16-19/h3-7,9-11,13,15-16H,1-2,8,12,14,17H2,(H,28,30)(H,29,31). The Bertz CT molecular complexity index is 1080. The average molecular weight is 417 g/mol. The predicted molar refractivity (Wildman–Crippen MR) is 120 cm³/mol. The second-order valence-electron chi connectivity index (χ2n) is 7.56. The normalized spacial score (nSPS) is 13.0. The molecule has 3 aromatic rings. The van der Waals surface area contributed by atoms with Crippen LogP contribution in [0.15, 0.2) is 67.0 Å². The van der Waals surface area contributed by atoms with E-state index in [4.69, 9.17) is 4.98 Å². The van der Waals surface area contributed by atoms with Crippen LogP contribution in [0.4, 0.5) is 10.2 Å². The number of hydrogen-bond acceptors (Lipinski definition) is 4. The molecule has 0 radical (unpaired) electrons. The number of halogens is 1. The lowest BCUT2D eigenvalue weighted by Gasteiger charge is -2.14. The highest BCUT2D eigenvalue weighted by atomic mass is 19.1. The zero-order valence-electron chi connectivity index (χ0n) is 17.3. The average Bonchev–Trinajstić information content (AvgIpc) is 3.33. The number of carbonyl (C=O) groups excluding carboxylic acids is 1. The van der Waals surface area contributed by atoms with Crippen molar-refractivity contribution >= 4 is 17.3 Å². The Hall–Kier alpha value is -3.54. The van der Waals surface area contributed by atoms with E-state index in [9.17, 15) is 9.18 Å². The van der Waals surface area contributed by atoms with E-state index in [0.717, 1.165) is 36.1 Å². The number of nitrogens with one attached hydrogen (secondary N) is 2. The molecule has 0 bridgehead atoms. The number of pyridine rings is 2. The third kappa shape index (κ3) is 5.54. The Morgan fingerprint density at radius 2 is 2.00 bits per heavy atom. The first-order valence-electron chi connectivity index (χ1n) is 10.5. The smallest absolute Gasteiger partial charge is 0.255 e. The highest BCUT2D eigenvalue weighted by Gasteiger charge is 2.16. The second kappa shape index (κ2) is 9.98. The minimum absolute atomic E-state index is 0.198. The van der Waals surface area contributed by atoms with Crippen molar-refractivity contribution in [3.05, 3.63) is 95.2 Å². The fourth-order valence-electron chi connectivity index (χ4n) is 3.66. The summed E-state index contributed by atoms with van der Waals surface area (Å²) in [4.78, 5) is 21.7. The minimum atomic E-state index is -0.249. The number of nitrogens with zero attached hydrogens (tertiary/aromatic N) is 2. The number of carbonyl (C=O) groups is 1. The molecular weight excluding hydrogens is 391 g/mol. The van der Waals surface area contributed by atoms with E-state index >= 15 is 0 Å². The largest absolute Gasteiger partial charge is 0.369 e. The highest BCUT2D eigenvalue weighted by Crippen LogP contribution is 2.28. The van der Waals surface area contributed by atoms with Gasteiger partial charge in [0.2, 0.25) is 0 Å². The summed E-state index contributed by atoms with van der Waals surface area (Å²) in [5.74, 6) is 0.100. The van der Waals surface area contributed by atoms with Gasteiger partial charge in [-0.2, -0.15) is 0 Å². The Morgan fingerprint density at radius 1 is 1.10 bits per heavy atom. The zero-order chi connectivity index (χ0) is 21.5. The second-order valence-corrected chi connectivity index (χ2v) is 7.56. The third-order valence-electron chi connectivity index (χ3n) is 5.28. The first-order valence-corrected chi connectivity index (χ1v) is 10.5. The first-order chi connectivity index (χ1) is 15.2. The summed E-state index contributed by atoms with van der Waals surface area (Å²) >= 11 is 0. The third-order valence-corrected chi connectivity index (χ3v) is 5.28. The first kappa shape index (κ1) is 20.7. The molecule has 0 unspecified atom stereocenters. The van der Waals surface area contributed by atoms with Crippen LogP contribution in [0.3, 0.4) is 0 Å². The van der Waals surface area contributed by atoms with E-state index in [1.165, 1.54) is 17.7 Å². The van der Waals surface area contributed by atoms with E-state index in [-0.39, 0.29) is 11.7 Å². The van der Waals surface area contributed by atoms with Gasteiger partial charge in [-0.1, -0.05) is 24.3 Å². The molecule has 1 aromatic carbocycles. The topological polar surface area (TPSA) is 66.9 Å². The van der Waals surface area contributed by atoms with E-state index in [1.807, 2.05) is 30.3 Å². The van der Waals surface area contributed by atoms with Crippen molar-refractivity contribution < 1.29 is 9.18 Å². The van der Waals surface area contributed by atoms with Gasteiger partial charge in [0, 0.05) is 25.5 Å². The van der Waals surface area contributed by atoms with Crippen molar-refractivity contribution in [1.29, 1.82) is 0 Å². The lowest BCUT2D eigenvalue weighted by molar-refractivity contribution is 0.0951. The molecule has 1 aliphatic rings. The molecule has 31 heavy (non-hydrogen) atoms. The predicted octanol–water partition coefficient (Wildman–Crippen LogP) is 4.77. The lowest BCUT2D eigenvalue weighted by atomic mass is 10.1. The molecule has 4 rings (SSSR count). The summed E-state index contributed by atoms with van der Waals surface area (Å²) in [6.07, 6.45) is 9.46. The maximum absolute atomic E-state index is 13.4. The number of allylic oxidation sites excluding steroid dienone is 2. The van der Waals surface area contributed by atoms with Gasteiger partial charge in [0.15, 0.2) is 0 Å². The van der Waals surface area contributed by atoms with Crippen molar-refractivity contribution in [2.24, 2.45) is 0 Å². The van der Waals surface area contributed by atoms with Crippen LogP contribution in [0.2, 0.25) is 0 Å². The van der Waals surface area contributed by atoms with Crippen LogP contribution in [-0.4, -0.2) is 22.4 Å². The van der Waals surface area contributed by atoms with Crippen LogP contribution in [0, 0.1) is 5.82 Å². The van der Waals surface area contributed by atoms with Crippen LogP contribution in [0.25, 0.3) is 5.57 Å². The van der Waals surface area contributed by atoms with E-state index in [1.54, 1.807) is 18.5 Å². The molecule has 6 heteroatoms. The van der Waals surface area contributed by atoms with Gasteiger partial charge < -0.3 is 10.6 Å². The fourth-order valence-corrected chi connectivity index (χ4v) is 3.66. The Morgan fingerprint density at radius 3 is 2.77 bits per heavy atom. The van der Waals surface area contributed by atoms with Crippen molar-refractivity contribution in [2.75, 3.05) is 11.9 Å². The van der Waals surface area contributed by atoms with Crippen molar-refractivity contribution in [2.45, 2.75) is 32.2 Å². The van der Waals surface area contributed by atoms with Gasteiger partial charge in [0.05, 0.1) is 11.3 Å². The molecule has 0 atom stereocenters. The molecule has 0 saturated carbocycles. The molecule has 5 nitrogen and oxygen atoms in total. The molecular formula is C25H25FN4O. The fraction of sp³-hybridized carbons (Fsp3) is 0.240. The van der Waals surface area contributed by atoms with Gasteiger partial charge in [0.1, 0.15) is 11.6 Å². The van der Waals surface area contributed by atoms with E-state index in [2.05, 4.69) is 21.7 Å². The molecule has 0 fully saturated rings. The maximum atomic E-state index is 13.4. The summed E-state index contributed by atoms with van der Waals surface area (Å²) in [6, 6.07) is 14.0. The molecule has 2 N–H and O–H groups in total. The van der Waals surface area contributed by atoms with Gasteiger partial charge in [-0.25, -0.2) is 9.37 Å². The highest BCUT2D eigenvalue weighted by molar-refractivity contribution is 5.99. The Balaban J connectivity index is 1.49. The van der Waals surface area contributed by atoms with Crippen LogP contribution in [0.5, 0.6) is 0 Å². The summed E-state index contributed by atoms with van der Waals surface area (Å²) < 4.78 is 13.4. The van der Waals surface area contributed by atoms with Crippen LogP contribution >= 0.6 is 0 Å². The number of amides is 1. The van der Waals surface area contributed by atoms with E-state index < -0.39 is 0 Å². The zero-order valence-corrected chi connectivity index (χ0v) is 17.3. The molecule has 0 saturated heterocycles. The Kier molecular flexibility index (Phi) is 6.67. The van der Waals surface area contributed by atoms with Crippen molar-refractivity contribution in [1.82, 2.24) is 15.3 Å². The van der Waals surface area contributed by atoms with Crippen LogP contribution in [0.1, 0.15) is 46.4 Å². The van der Waals surface area contributed by atoms with Gasteiger partial charge in [-0.15, -0.1) is 0 Å². The minimum Gasteiger partial charge on any atom is -0.369 e. The monoisotopic (exact) mass is 416 g/mol. The van der Waals surface area contributed by atoms with Gasteiger partial charge in [-0.3, -0.25) is 9.78 Å². The summed E-state index contributed by atoms with van der Waals surface area (Å²) in [5, 5.41) is 6.23.